The van der Waals surface area contributed by atoms with Gasteiger partial charge in [-0.25, -0.2) is 9.48 Å². The monoisotopic (exact) mass is 521 g/mol. The molecule has 2 aromatic carbocycles. The van der Waals surface area contributed by atoms with Crippen LogP contribution in [0.15, 0.2) is 46.9 Å². The van der Waals surface area contributed by atoms with Gasteiger partial charge in [-0.3, -0.25) is 0 Å². The number of ether oxygens (including phenoxy) is 3. The second kappa shape index (κ2) is 11.0. The molecule has 9 nitrogen and oxygen atoms in total. The number of esters is 1. The molecule has 2 N–H and O–H groups in total. The third-order valence-electron chi connectivity index (χ3n) is 4.61. The average Bonchev–Trinajstić information content (AvgIpc) is 3.18. The summed E-state index contributed by atoms with van der Waals surface area (Å²) in [4.78, 5) is 11.5. The number of rotatable bonds is 8. The highest BCUT2D eigenvalue weighted by Crippen LogP contribution is 2.38. The standard InChI is InChI=1S/C24H20BrN5O4/c1-3-33-20-11-15(10-19(25)23(20)34-14-21(31)32-2)9-16(12-26)22-18(13-27)24(28)30(29-22)17-7-5-4-6-8-17/h4-11H,3,14,28H2,1-2H3/b16-9+. The van der Waals surface area contributed by atoms with Gasteiger partial charge in [-0.15, -0.1) is 0 Å². The van der Waals surface area contributed by atoms with Crippen LogP contribution in [0.2, 0.25) is 0 Å². The molecule has 0 bridgehead atoms. The largest absolute Gasteiger partial charge is 0.490 e. The highest BCUT2D eigenvalue weighted by molar-refractivity contribution is 9.10. The molecule has 10 heteroatoms. The van der Waals surface area contributed by atoms with Crippen LogP contribution in [0.5, 0.6) is 11.5 Å². The number of benzene rings is 2. The van der Waals surface area contributed by atoms with Crippen LogP contribution in [-0.4, -0.2) is 36.1 Å². The van der Waals surface area contributed by atoms with Crippen LogP contribution in [0.1, 0.15) is 23.7 Å². The second-order valence-electron chi connectivity index (χ2n) is 6.77. The van der Waals surface area contributed by atoms with Gasteiger partial charge in [0, 0.05) is 0 Å². The zero-order valence-corrected chi connectivity index (χ0v) is 20.0. The number of allylic oxidation sites excluding steroid dienone is 1. The Kier molecular flexibility index (Phi) is 7.91. The van der Waals surface area contributed by atoms with Crippen LogP contribution in [0.3, 0.4) is 0 Å². The minimum atomic E-state index is -0.541. The normalized spacial score (nSPS) is 10.8. The van der Waals surface area contributed by atoms with Gasteiger partial charge in [-0.05, 0) is 58.8 Å². The zero-order valence-electron chi connectivity index (χ0n) is 18.4. The Balaban J connectivity index is 2.07. The average molecular weight is 522 g/mol. The van der Waals surface area contributed by atoms with E-state index in [4.69, 9.17) is 15.2 Å². The Hall–Kier alpha value is -4.28. The number of methoxy groups -OCH3 is 1. The Morgan fingerprint density at radius 1 is 1.24 bits per heavy atom. The summed E-state index contributed by atoms with van der Waals surface area (Å²) in [6.07, 6.45) is 1.56. The Bertz CT molecular complexity index is 1320. The third-order valence-corrected chi connectivity index (χ3v) is 5.20. The van der Waals surface area contributed by atoms with Crippen molar-refractivity contribution in [2.24, 2.45) is 0 Å². The number of hydrogen-bond donors (Lipinski definition) is 1. The number of nitrogens with zero attached hydrogens (tertiary/aromatic N) is 4. The lowest BCUT2D eigenvalue weighted by molar-refractivity contribution is -0.142. The van der Waals surface area contributed by atoms with E-state index in [9.17, 15) is 15.3 Å². The van der Waals surface area contributed by atoms with Crippen molar-refractivity contribution in [3.05, 3.63) is 63.8 Å². The van der Waals surface area contributed by atoms with E-state index in [2.05, 4.69) is 31.8 Å². The lowest BCUT2D eigenvalue weighted by Crippen LogP contribution is -2.13. The Morgan fingerprint density at radius 3 is 2.59 bits per heavy atom. The molecule has 0 saturated heterocycles. The van der Waals surface area contributed by atoms with Gasteiger partial charge in [0.15, 0.2) is 18.1 Å². The molecular formula is C24H20BrN5O4. The van der Waals surface area contributed by atoms with E-state index in [1.165, 1.54) is 11.8 Å². The van der Waals surface area contributed by atoms with Gasteiger partial charge in [0.05, 0.1) is 29.4 Å². The fourth-order valence-corrected chi connectivity index (χ4v) is 3.65. The molecular weight excluding hydrogens is 502 g/mol. The lowest BCUT2D eigenvalue weighted by atomic mass is 10.1. The molecule has 0 atom stereocenters. The molecule has 0 spiro atoms. The SMILES string of the molecule is CCOc1cc(/C=C(\C#N)c2nn(-c3ccccc3)c(N)c2C#N)cc(Br)c1OCC(=O)OC. The maximum Gasteiger partial charge on any atom is 0.343 e. The van der Waals surface area contributed by atoms with Crippen LogP contribution >= 0.6 is 15.9 Å². The van der Waals surface area contributed by atoms with Crippen molar-refractivity contribution in [1.82, 2.24) is 9.78 Å². The molecule has 172 valence electrons. The molecule has 1 heterocycles. The molecule has 3 aromatic rings. The molecule has 0 radical (unpaired) electrons. The number of anilines is 1. The maximum absolute atomic E-state index is 11.5. The number of para-hydroxylation sites is 1. The van der Waals surface area contributed by atoms with Crippen LogP contribution in [0.25, 0.3) is 17.3 Å². The summed E-state index contributed by atoms with van der Waals surface area (Å²) < 4.78 is 17.7. The number of aromatic nitrogens is 2. The van der Waals surface area contributed by atoms with Crippen LogP contribution in [0, 0.1) is 22.7 Å². The topological polar surface area (TPSA) is 136 Å². The number of carbonyl (C=O) groups is 1. The van der Waals surface area contributed by atoms with E-state index in [0.717, 1.165) is 0 Å². The van der Waals surface area contributed by atoms with Crippen molar-refractivity contribution < 1.29 is 19.0 Å². The predicted octanol–water partition coefficient (Wildman–Crippen LogP) is 4.10. The van der Waals surface area contributed by atoms with Crippen molar-refractivity contribution in [1.29, 1.82) is 10.5 Å². The smallest absolute Gasteiger partial charge is 0.343 e. The number of carbonyl (C=O) groups excluding carboxylic acids is 1. The number of halogens is 1. The summed E-state index contributed by atoms with van der Waals surface area (Å²) >= 11 is 3.42. The predicted molar refractivity (Wildman–Crippen MR) is 129 cm³/mol. The minimum Gasteiger partial charge on any atom is -0.490 e. The van der Waals surface area contributed by atoms with Crippen molar-refractivity contribution in [3.8, 4) is 29.3 Å². The van der Waals surface area contributed by atoms with Crippen molar-refractivity contribution in [2.75, 3.05) is 26.1 Å². The van der Waals surface area contributed by atoms with E-state index in [1.807, 2.05) is 24.3 Å². The van der Waals surface area contributed by atoms with Crippen LogP contribution in [-0.2, 0) is 9.53 Å². The van der Waals surface area contributed by atoms with E-state index in [0.29, 0.717) is 33.8 Å². The first-order valence-electron chi connectivity index (χ1n) is 10.1. The van der Waals surface area contributed by atoms with Gasteiger partial charge in [0.2, 0.25) is 0 Å². The number of nitriles is 2. The fraction of sp³-hybridized carbons (Fsp3) is 0.167. The maximum atomic E-state index is 11.5. The number of nitrogens with two attached hydrogens (primary N) is 1. The van der Waals surface area contributed by atoms with Gasteiger partial charge in [0.25, 0.3) is 0 Å². The number of hydrogen-bond acceptors (Lipinski definition) is 8. The van der Waals surface area contributed by atoms with Crippen LogP contribution < -0.4 is 15.2 Å². The molecule has 0 saturated carbocycles. The molecule has 0 amide bonds. The van der Waals surface area contributed by atoms with Crippen molar-refractivity contribution in [3.63, 3.8) is 0 Å². The highest BCUT2D eigenvalue weighted by atomic mass is 79.9. The lowest BCUT2D eigenvalue weighted by Gasteiger charge is -2.14. The minimum absolute atomic E-state index is 0.0961. The molecule has 3 rings (SSSR count). The van der Waals surface area contributed by atoms with Gasteiger partial charge in [0.1, 0.15) is 29.2 Å². The van der Waals surface area contributed by atoms with E-state index >= 15 is 0 Å². The second-order valence-corrected chi connectivity index (χ2v) is 7.62. The summed E-state index contributed by atoms with van der Waals surface area (Å²) in [5.41, 5.74) is 7.80. The first-order valence-corrected chi connectivity index (χ1v) is 10.8. The van der Waals surface area contributed by atoms with E-state index < -0.39 is 5.97 Å². The van der Waals surface area contributed by atoms with E-state index in [1.54, 1.807) is 37.3 Å². The van der Waals surface area contributed by atoms with Crippen molar-refractivity contribution in [2.45, 2.75) is 6.92 Å². The summed E-state index contributed by atoms with van der Waals surface area (Å²) in [5.74, 6) is 0.269. The highest BCUT2D eigenvalue weighted by Gasteiger charge is 2.21. The van der Waals surface area contributed by atoms with E-state index in [-0.39, 0.29) is 29.3 Å². The number of nitrogen functional groups attached to an aromatic ring is 1. The van der Waals surface area contributed by atoms with Crippen LogP contribution in [0.4, 0.5) is 5.82 Å². The summed E-state index contributed by atoms with van der Waals surface area (Å²) in [6, 6.07) is 16.6. The Morgan fingerprint density at radius 2 is 1.97 bits per heavy atom. The molecule has 34 heavy (non-hydrogen) atoms. The molecule has 0 aliphatic heterocycles. The quantitative estimate of drug-likeness (QED) is 0.345. The molecule has 0 unspecified atom stereocenters. The van der Waals surface area contributed by atoms with Crippen molar-refractivity contribution >= 4 is 39.4 Å². The third kappa shape index (κ3) is 5.20. The fourth-order valence-electron chi connectivity index (χ4n) is 3.08. The van der Waals surface area contributed by atoms with Gasteiger partial charge >= 0.3 is 5.97 Å². The first-order chi connectivity index (χ1) is 16.4. The van der Waals surface area contributed by atoms with Gasteiger partial charge in [-0.2, -0.15) is 15.6 Å². The summed E-state index contributed by atoms with van der Waals surface area (Å²) in [7, 11) is 1.27. The molecule has 0 aliphatic carbocycles. The zero-order chi connectivity index (χ0) is 24.7. The van der Waals surface area contributed by atoms with Gasteiger partial charge in [-0.1, -0.05) is 18.2 Å². The van der Waals surface area contributed by atoms with Gasteiger partial charge < -0.3 is 19.9 Å². The summed E-state index contributed by atoms with van der Waals surface area (Å²) in [6.45, 7) is 1.85. The Labute approximate surface area is 204 Å². The summed E-state index contributed by atoms with van der Waals surface area (Å²) in [5, 5.41) is 24.0. The first kappa shape index (κ1) is 24.4. The molecule has 0 aliphatic rings. The molecule has 1 aromatic heterocycles. The molecule has 0 fully saturated rings.